The Labute approximate surface area is 202 Å². The third-order valence-electron chi connectivity index (χ3n) is 8.96. The van der Waals surface area contributed by atoms with Crippen LogP contribution in [0.3, 0.4) is 0 Å². The summed E-state index contributed by atoms with van der Waals surface area (Å²) in [5.41, 5.74) is 1.59. The summed E-state index contributed by atoms with van der Waals surface area (Å²) < 4.78 is 1.74. The molecule has 1 aromatic heterocycles. The van der Waals surface area contributed by atoms with Crippen LogP contribution < -0.4 is 0 Å². The number of carbonyl (C=O) groups is 1. The number of amides is 1. The number of rotatable bonds is 5. The zero-order valence-corrected chi connectivity index (χ0v) is 20.7. The van der Waals surface area contributed by atoms with Gasteiger partial charge in [-0.25, -0.2) is 0 Å². The van der Waals surface area contributed by atoms with Gasteiger partial charge in [0.05, 0.1) is 5.60 Å². The highest BCUT2D eigenvalue weighted by molar-refractivity contribution is 5.76. The van der Waals surface area contributed by atoms with Crippen LogP contribution in [0.2, 0.25) is 0 Å². The molecule has 1 aliphatic carbocycles. The number of phenols is 1. The Kier molecular flexibility index (Phi) is 5.97. The van der Waals surface area contributed by atoms with Crippen LogP contribution in [0.1, 0.15) is 55.8 Å². The van der Waals surface area contributed by atoms with Crippen molar-refractivity contribution < 1.29 is 15.0 Å². The summed E-state index contributed by atoms with van der Waals surface area (Å²) in [6, 6.07) is 7.41. The van der Waals surface area contributed by atoms with E-state index < -0.39 is 11.0 Å². The molecule has 0 radical (unpaired) electrons. The number of benzene rings is 1. The maximum Gasteiger partial charge on any atom is 0.244 e. The minimum absolute atomic E-state index is 0.0213. The zero-order valence-electron chi connectivity index (χ0n) is 20.7. The molecule has 3 unspecified atom stereocenters. The van der Waals surface area contributed by atoms with Crippen molar-refractivity contribution in [3.8, 4) is 5.75 Å². The third kappa shape index (κ3) is 3.93. The Bertz CT molecular complexity index is 1060. The van der Waals surface area contributed by atoms with Crippen LogP contribution in [0, 0.1) is 19.8 Å². The van der Waals surface area contributed by atoms with E-state index in [9.17, 15) is 15.0 Å². The second-order valence-electron chi connectivity index (χ2n) is 10.9. The zero-order chi connectivity index (χ0) is 24.1. The maximum atomic E-state index is 13.3. The van der Waals surface area contributed by atoms with E-state index in [1.165, 1.54) is 12.8 Å². The summed E-state index contributed by atoms with van der Waals surface area (Å²) in [5.74, 6) is 1.03. The molecule has 3 fully saturated rings. The summed E-state index contributed by atoms with van der Waals surface area (Å²) in [6.45, 7) is 9.49. The van der Waals surface area contributed by atoms with Gasteiger partial charge in [0.1, 0.15) is 12.3 Å². The molecule has 3 aliphatic rings. The lowest BCUT2D eigenvalue weighted by Crippen LogP contribution is -2.68. The van der Waals surface area contributed by atoms with Gasteiger partial charge in [-0.2, -0.15) is 5.10 Å². The van der Waals surface area contributed by atoms with Crippen molar-refractivity contribution in [1.82, 2.24) is 19.6 Å². The Morgan fingerprint density at radius 2 is 1.85 bits per heavy atom. The van der Waals surface area contributed by atoms with Gasteiger partial charge >= 0.3 is 0 Å². The van der Waals surface area contributed by atoms with Crippen LogP contribution >= 0.6 is 0 Å². The highest BCUT2D eigenvalue weighted by Crippen LogP contribution is 2.53. The second-order valence-corrected chi connectivity index (χ2v) is 10.9. The number of fused-ring (bicyclic) bond motifs is 1. The average molecular weight is 467 g/mol. The first-order valence-corrected chi connectivity index (χ1v) is 12.8. The van der Waals surface area contributed by atoms with E-state index in [-0.39, 0.29) is 24.2 Å². The van der Waals surface area contributed by atoms with Gasteiger partial charge in [0, 0.05) is 43.0 Å². The lowest BCUT2D eigenvalue weighted by Gasteiger charge is -2.57. The molecule has 7 nitrogen and oxygen atoms in total. The van der Waals surface area contributed by atoms with Gasteiger partial charge in [-0.3, -0.25) is 14.4 Å². The molecule has 5 rings (SSSR count). The van der Waals surface area contributed by atoms with Crippen molar-refractivity contribution in [3.05, 3.63) is 47.3 Å². The molecule has 0 spiro atoms. The predicted molar refractivity (Wildman–Crippen MR) is 131 cm³/mol. The third-order valence-corrected chi connectivity index (χ3v) is 8.96. The molecule has 2 aliphatic heterocycles. The molecule has 0 bridgehead atoms. The molecule has 2 N–H and O–H groups in total. The van der Waals surface area contributed by atoms with Crippen LogP contribution in [0.25, 0.3) is 0 Å². The number of aliphatic hydroxyl groups is 1. The number of nitrogens with zero attached hydrogens (tertiary/aromatic N) is 4. The van der Waals surface area contributed by atoms with Gasteiger partial charge in [-0.1, -0.05) is 6.07 Å². The van der Waals surface area contributed by atoms with Gasteiger partial charge in [0.2, 0.25) is 5.91 Å². The van der Waals surface area contributed by atoms with Gasteiger partial charge in [0.25, 0.3) is 0 Å². The molecular formula is C27H38N4O3. The Balaban J connectivity index is 1.49. The molecule has 2 aromatic rings. The monoisotopic (exact) mass is 466 g/mol. The summed E-state index contributed by atoms with van der Waals surface area (Å²) in [4.78, 5) is 17.7. The summed E-state index contributed by atoms with van der Waals surface area (Å²) in [6.07, 6.45) is 6.32. The highest BCUT2D eigenvalue weighted by atomic mass is 16.3. The van der Waals surface area contributed by atoms with Crippen molar-refractivity contribution in [3.63, 3.8) is 0 Å². The number of aryl methyl sites for hydroxylation is 2. The number of aromatic hydroxyl groups is 1. The predicted octanol–water partition coefficient (Wildman–Crippen LogP) is 3.00. The molecule has 1 aromatic carbocycles. The van der Waals surface area contributed by atoms with E-state index in [0.717, 1.165) is 42.2 Å². The fourth-order valence-electron chi connectivity index (χ4n) is 6.53. The van der Waals surface area contributed by atoms with Crippen LogP contribution in [-0.4, -0.2) is 73.5 Å². The van der Waals surface area contributed by atoms with E-state index in [4.69, 9.17) is 0 Å². The van der Waals surface area contributed by atoms with Gasteiger partial charge in [-0.05, 0) is 94.7 Å². The van der Waals surface area contributed by atoms with Crippen LogP contribution in [0.15, 0.2) is 30.5 Å². The molecule has 7 heteroatoms. The summed E-state index contributed by atoms with van der Waals surface area (Å²) >= 11 is 0. The van der Waals surface area contributed by atoms with Crippen LogP contribution in [0.4, 0.5) is 0 Å². The van der Waals surface area contributed by atoms with Gasteiger partial charge in [0.15, 0.2) is 0 Å². The molecule has 2 saturated heterocycles. The first kappa shape index (κ1) is 23.4. The highest BCUT2D eigenvalue weighted by Gasteiger charge is 2.59. The molecule has 34 heavy (non-hydrogen) atoms. The van der Waals surface area contributed by atoms with Crippen molar-refractivity contribution in [1.29, 1.82) is 0 Å². The first-order valence-electron chi connectivity index (χ1n) is 12.8. The molecule has 1 amide bonds. The standard InChI is InChI=1S/C27H38N4O3/c1-19-4-7-23(32)16-24(19)26-9-13-29(25(33)18-31-20(2)8-12-28-31)15-11-27(26,34)21(3)30(14-10-26)17-22-5-6-22/h4,7-8,12,16,21-22,32,34H,5-6,9-11,13-15,17-18H2,1-3H3. The number of carbonyl (C=O) groups excluding carboxylic acids is 1. The number of hydrogen-bond donors (Lipinski definition) is 2. The van der Waals surface area contributed by atoms with E-state index in [2.05, 4.69) is 23.8 Å². The minimum Gasteiger partial charge on any atom is -0.508 e. The summed E-state index contributed by atoms with van der Waals surface area (Å²) in [7, 11) is 0. The van der Waals surface area contributed by atoms with Crippen molar-refractivity contribution in [2.24, 2.45) is 5.92 Å². The lowest BCUT2D eigenvalue weighted by atomic mass is 9.57. The molecule has 1 saturated carbocycles. The van der Waals surface area contributed by atoms with E-state index in [0.29, 0.717) is 25.9 Å². The average Bonchev–Trinajstić information content (AvgIpc) is 3.57. The van der Waals surface area contributed by atoms with Crippen LogP contribution in [-0.2, 0) is 16.8 Å². The summed E-state index contributed by atoms with van der Waals surface area (Å²) in [5, 5.41) is 27.3. The smallest absolute Gasteiger partial charge is 0.244 e. The number of likely N-dealkylation sites (tertiary alicyclic amines) is 2. The maximum absolute atomic E-state index is 13.3. The van der Waals surface area contributed by atoms with E-state index >= 15 is 0 Å². The second kappa shape index (κ2) is 8.68. The quantitative estimate of drug-likeness (QED) is 0.708. The van der Waals surface area contributed by atoms with Crippen molar-refractivity contribution in [2.75, 3.05) is 26.2 Å². The Hall–Kier alpha value is -2.38. The SMILES string of the molecule is Cc1ccc(O)cc1C12CCN(C(=O)Cn3nccc3C)CCC1(O)C(C)N(CC1CC1)CC2. The van der Waals surface area contributed by atoms with Crippen molar-refractivity contribution in [2.45, 2.75) is 76.5 Å². The van der Waals surface area contributed by atoms with Gasteiger partial charge in [-0.15, -0.1) is 0 Å². The Morgan fingerprint density at radius 1 is 1.12 bits per heavy atom. The number of aromatic nitrogens is 2. The van der Waals surface area contributed by atoms with Crippen molar-refractivity contribution >= 4 is 5.91 Å². The Morgan fingerprint density at radius 3 is 2.56 bits per heavy atom. The molecule has 3 atom stereocenters. The molecule has 184 valence electrons. The van der Waals surface area contributed by atoms with E-state index in [1.54, 1.807) is 16.9 Å². The topological polar surface area (TPSA) is 81.8 Å². The van der Waals surface area contributed by atoms with Crippen LogP contribution in [0.5, 0.6) is 5.75 Å². The first-order chi connectivity index (χ1) is 16.2. The molecule has 3 heterocycles. The number of phenolic OH excluding ortho intramolecular Hbond substituents is 1. The largest absolute Gasteiger partial charge is 0.508 e. The normalized spacial score (nSPS) is 30.1. The fourth-order valence-corrected chi connectivity index (χ4v) is 6.53. The molecular weight excluding hydrogens is 428 g/mol. The fraction of sp³-hybridized carbons (Fsp3) is 0.630. The lowest BCUT2D eigenvalue weighted by molar-refractivity contribution is -0.137. The number of piperidine rings is 1. The number of hydrogen-bond acceptors (Lipinski definition) is 5. The van der Waals surface area contributed by atoms with E-state index in [1.807, 2.05) is 30.0 Å². The van der Waals surface area contributed by atoms with Gasteiger partial charge < -0.3 is 15.1 Å². The minimum atomic E-state index is -0.991.